The van der Waals surface area contributed by atoms with Crippen LogP contribution in [0.2, 0.25) is 0 Å². The third kappa shape index (κ3) is 5.47. The number of H-pyrrole nitrogens is 1. The van der Waals surface area contributed by atoms with Crippen LogP contribution in [0.5, 0.6) is 0 Å². The molecule has 1 rings (SSSR count). The number of rotatable bonds is 5. The number of hydrogen-bond donors (Lipinski definition) is 1. The van der Waals surface area contributed by atoms with Gasteiger partial charge in [0.05, 0.1) is 6.04 Å². The van der Waals surface area contributed by atoms with Gasteiger partial charge in [0.2, 0.25) is 5.91 Å². The van der Waals surface area contributed by atoms with Crippen LogP contribution in [-0.2, 0) is 11.3 Å². The number of aromatic nitrogens is 1. The van der Waals surface area contributed by atoms with E-state index in [2.05, 4.69) is 8.51 Å². The molecule has 1 atom stereocenters. The Hall–Kier alpha value is 0.0400. The van der Waals surface area contributed by atoms with Crippen LogP contribution in [0.1, 0.15) is 19.4 Å². The van der Waals surface area contributed by atoms with Crippen molar-refractivity contribution in [2.24, 2.45) is 0 Å². The van der Waals surface area contributed by atoms with Gasteiger partial charge in [-0.2, -0.15) is 0 Å². The maximum absolute atomic E-state index is 12.0. The predicted molar refractivity (Wildman–Crippen MR) is 70.7 cm³/mol. The van der Waals surface area contributed by atoms with Gasteiger partial charge >= 0.3 is 0 Å². The molecule has 0 saturated heterocycles. The highest BCUT2D eigenvalue weighted by Gasteiger charge is 2.18. The molecule has 0 aliphatic heterocycles. The standard InChI is InChI=1S/C11H16IN3O.HI/c1-3-15(11(16)9(2)14-12)8-10-4-6-13-7-5-10;/h4-7,9,14H,3,8H2,1-2H3;1H. The SMILES string of the molecule is CCN(Cc1cc[nH+]cc1)C(=O)C(C)NI.[I-]. The van der Waals surface area contributed by atoms with Crippen LogP contribution < -0.4 is 32.5 Å². The van der Waals surface area contributed by atoms with Crippen molar-refractivity contribution < 1.29 is 33.8 Å². The van der Waals surface area contributed by atoms with Gasteiger partial charge < -0.3 is 28.9 Å². The number of nitrogens with one attached hydrogen (secondary N) is 2. The number of halogens is 2. The second kappa shape index (κ2) is 9.03. The zero-order chi connectivity index (χ0) is 12.0. The molecule has 1 amide bonds. The molecule has 1 unspecified atom stereocenters. The second-order valence-electron chi connectivity index (χ2n) is 3.59. The number of pyridine rings is 1. The third-order valence-electron chi connectivity index (χ3n) is 2.39. The molecule has 6 heteroatoms. The van der Waals surface area contributed by atoms with Gasteiger partial charge in [0.1, 0.15) is 0 Å². The maximum Gasteiger partial charge on any atom is 0.240 e. The molecule has 0 aliphatic carbocycles. The molecule has 2 N–H and O–H groups in total. The van der Waals surface area contributed by atoms with Crippen molar-refractivity contribution >= 4 is 28.8 Å². The van der Waals surface area contributed by atoms with E-state index in [0.29, 0.717) is 6.54 Å². The highest BCUT2D eigenvalue weighted by Crippen LogP contribution is 2.04. The Labute approximate surface area is 133 Å². The summed E-state index contributed by atoms with van der Waals surface area (Å²) in [5, 5.41) is 0. The minimum absolute atomic E-state index is 0. The molecular formula is C11H17I2N3O. The maximum atomic E-state index is 12.0. The minimum atomic E-state index is -0.143. The first kappa shape index (κ1) is 17.0. The van der Waals surface area contributed by atoms with Crippen molar-refractivity contribution in [2.45, 2.75) is 26.4 Å². The zero-order valence-electron chi connectivity index (χ0n) is 9.91. The quantitative estimate of drug-likeness (QED) is 0.415. The average molecular weight is 461 g/mol. The largest absolute Gasteiger partial charge is 1.00 e. The normalized spacial score (nSPS) is 11.5. The summed E-state index contributed by atoms with van der Waals surface area (Å²) in [6, 6.07) is 3.83. The Balaban J connectivity index is 0.00000256. The molecule has 0 radical (unpaired) electrons. The van der Waals surface area contributed by atoms with Crippen molar-refractivity contribution in [3.63, 3.8) is 0 Å². The Bertz CT molecular complexity index is 335. The molecule has 0 saturated carbocycles. The first-order valence-electron chi connectivity index (χ1n) is 5.29. The van der Waals surface area contributed by atoms with E-state index in [0.717, 1.165) is 12.1 Å². The third-order valence-corrected chi connectivity index (χ3v) is 3.32. The Morgan fingerprint density at radius 3 is 2.59 bits per heavy atom. The Morgan fingerprint density at radius 1 is 1.53 bits per heavy atom. The van der Waals surface area contributed by atoms with Gasteiger partial charge in [-0.1, -0.05) is 0 Å². The van der Waals surface area contributed by atoms with E-state index in [9.17, 15) is 4.79 Å². The summed E-state index contributed by atoms with van der Waals surface area (Å²) >= 11 is 2.01. The zero-order valence-corrected chi connectivity index (χ0v) is 14.2. The first-order valence-corrected chi connectivity index (χ1v) is 6.36. The lowest BCUT2D eigenvalue weighted by Gasteiger charge is -2.23. The summed E-state index contributed by atoms with van der Waals surface area (Å²) in [6.45, 7) is 5.25. The topological polar surface area (TPSA) is 46.5 Å². The summed E-state index contributed by atoms with van der Waals surface area (Å²) in [5.74, 6) is 0.129. The van der Waals surface area contributed by atoms with Gasteiger partial charge in [-0.25, -0.2) is 8.51 Å². The summed E-state index contributed by atoms with van der Waals surface area (Å²) in [6.07, 6.45) is 3.74. The van der Waals surface area contributed by atoms with Gasteiger partial charge in [0, 0.05) is 48.1 Å². The summed E-state index contributed by atoms with van der Waals surface area (Å²) in [7, 11) is 0. The van der Waals surface area contributed by atoms with E-state index < -0.39 is 0 Å². The second-order valence-corrected chi connectivity index (χ2v) is 4.21. The minimum Gasteiger partial charge on any atom is -1.00 e. The fraction of sp³-hybridized carbons (Fsp3) is 0.455. The van der Waals surface area contributed by atoms with Crippen molar-refractivity contribution in [1.29, 1.82) is 0 Å². The molecule has 4 nitrogen and oxygen atoms in total. The van der Waals surface area contributed by atoms with E-state index in [1.807, 2.05) is 66.1 Å². The first-order chi connectivity index (χ1) is 7.69. The molecule has 0 bridgehead atoms. The highest BCUT2D eigenvalue weighted by atomic mass is 127. The number of aromatic amines is 1. The van der Waals surface area contributed by atoms with Gasteiger partial charge in [-0.3, -0.25) is 4.79 Å². The molecule has 0 spiro atoms. The number of carbonyl (C=O) groups excluding carboxylic acids is 1. The van der Waals surface area contributed by atoms with Crippen molar-refractivity contribution in [1.82, 2.24) is 8.43 Å². The average Bonchev–Trinajstić information content (AvgIpc) is 2.35. The molecule has 0 aromatic carbocycles. The number of hydrogen-bond acceptors (Lipinski definition) is 2. The fourth-order valence-corrected chi connectivity index (χ4v) is 1.68. The van der Waals surface area contributed by atoms with E-state index >= 15 is 0 Å². The highest BCUT2D eigenvalue weighted by molar-refractivity contribution is 14.1. The smallest absolute Gasteiger partial charge is 0.240 e. The number of amides is 1. The van der Waals surface area contributed by atoms with Gasteiger partial charge in [-0.15, -0.1) is 0 Å². The van der Waals surface area contributed by atoms with Crippen LogP contribution in [0.3, 0.4) is 0 Å². The lowest BCUT2D eigenvalue weighted by atomic mass is 10.2. The van der Waals surface area contributed by atoms with Crippen LogP contribution in [-0.4, -0.2) is 23.4 Å². The van der Waals surface area contributed by atoms with E-state index in [-0.39, 0.29) is 35.9 Å². The summed E-state index contributed by atoms with van der Waals surface area (Å²) < 4.78 is 2.94. The monoisotopic (exact) mass is 461 g/mol. The van der Waals surface area contributed by atoms with Gasteiger partial charge in [0.15, 0.2) is 12.4 Å². The number of likely N-dealkylation sites (N-methyl/N-ethyl adjacent to an activating group) is 1. The van der Waals surface area contributed by atoms with Gasteiger partial charge in [-0.05, 0) is 19.4 Å². The molecule has 0 aliphatic rings. The lowest BCUT2D eigenvalue weighted by molar-refractivity contribution is -0.378. The molecule has 1 aromatic rings. The predicted octanol–water partition coefficient (Wildman–Crippen LogP) is -1.82. The van der Waals surface area contributed by atoms with Gasteiger partial charge in [0.25, 0.3) is 0 Å². The number of carbonyl (C=O) groups is 1. The van der Waals surface area contributed by atoms with Crippen molar-refractivity contribution in [3.05, 3.63) is 30.1 Å². The summed E-state index contributed by atoms with van der Waals surface area (Å²) in [4.78, 5) is 16.8. The molecule has 17 heavy (non-hydrogen) atoms. The van der Waals surface area contributed by atoms with Crippen LogP contribution in [0, 0.1) is 0 Å². The van der Waals surface area contributed by atoms with E-state index in [1.54, 1.807) is 0 Å². The summed E-state index contributed by atoms with van der Waals surface area (Å²) in [5.41, 5.74) is 1.13. The van der Waals surface area contributed by atoms with E-state index in [1.165, 1.54) is 0 Å². The Morgan fingerprint density at radius 2 is 2.12 bits per heavy atom. The van der Waals surface area contributed by atoms with Crippen molar-refractivity contribution in [3.8, 4) is 0 Å². The molecule has 0 fully saturated rings. The van der Waals surface area contributed by atoms with Crippen LogP contribution in [0.15, 0.2) is 24.5 Å². The molecular weight excluding hydrogens is 444 g/mol. The van der Waals surface area contributed by atoms with Crippen LogP contribution in [0.25, 0.3) is 0 Å². The molecule has 96 valence electrons. The van der Waals surface area contributed by atoms with Crippen molar-refractivity contribution in [2.75, 3.05) is 6.54 Å². The molecule has 1 heterocycles. The Kier molecular flexibility index (Phi) is 9.06. The van der Waals surface area contributed by atoms with Crippen LogP contribution >= 0.6 is 22.9 Å². The lowest BCUT2D eigenvalue weighted by Crippen LogP contribution is -3.00. The van der Waals surface area contributed by atoms with E-state index in [4.69, 9.17) is 0 Å². The molecule has 1 aromatic heterocycles. The fourth-order valence-electron chi connectivity index (χ4n) is 1.41. The number of nitrogens with zero attached hydrogens (tertiary/aromatic N) is 1. The van der Waals surface area contributed by atoms with Crippen LogP contribution in [0.4, 0.5) is 0 Å².